The fourth-order valence-electron chi connectivity index (χ4n) is 1.81. The van der Waals surface area contributed by atoms with Gasteiger partial charge in [0.05, 0.1) is 16.3 Å². The molecule has 0 bridgehead atoms. The number of nitrogens with one attached hydrogen (secondary N) is 1. The summed E-state index contributed by atoms with van der Waals surface area (Å²) in [6, 6.07) is 0.794. The zero-order chi connectivity index (χ0) is 17.7. The summed E-state index contributed by atoms with van der Waals surface area (Å²) in [6.45, 7) is 0.985. The van der Waals surface area contributed by atoms with Crippen LogP contribution in [-0.2, 0) is 15.7 Å². The Labute approximate surface area is 144 Å². The monoisotopic (exact) mass is 382 g/mol. The number of hydrogen-bond acceptors (Lipinski definition) is 5. The topological polar surface area (TPSA) is 68.5 Å². The van der Waals surface area contributed by atoms with Gasteiger partial charge in [0.15, 0.2) is 10.8 Å². The van der Waals surface area contributed by atoms with Crippen LogP contribution in [-0.4, -0.2) is 46.5 Å². The number of ether oxygens (including phenoxy) is 1. The molecule has 6 nitrogen and oxygen atoms in total. The lowest BCUT2D eigenvalue weighted by molar-refractivity contribution is -0.137. The molecule has 1 amide bonds. The maximum absolute atomic E-state index is 12.9. The number of nitrogens with zero attached hydrogens (tertiary/aromatic N) is 3. The van der Waals surface area contributed by atoms with Crippen LogP contribution in [0.25, 0.3) is 5.65 Å². The SMILES string of the molecule is COCCCNC(=O)CSc1nnc2c(Cl)cc(C(F)(F)F)cn12. The van der Waals surface area contributed by atoms with Gasteiger partial charge in [-0.3, -0.25) is 9.20 Å². The van der Waals surface area contributed by atoms with Crippen molar-refractivity contribution >= 4 is 34.9 Å². The van der Waals surface area contributed by atoms with E-state index in [1.165, 1.54) is 0 Å². The number of aromatic nitrogens is 3. The highest BCUT2D eigenvalue weighted by Gasteiger charge is 2.32. The Bertz CT molecular complexity index is 723. The molecule has 0 aliphatic carbocycles. The molecule has 0 radical (unpaired) electrons. The van der Waals surface area contributed by atoms with E-state index in [0.29, 0.717) is 19.6 Å². The summed E-state index contributed by atoms with van der Waals surface area (Å²) < 4.78 is 44.6. The molecule has 0 atom stereocenters. The third kappa shape index (κ3) is 4.74. The Hall–Kier alpha value is -1.52. The van der Waals surface area contributed by atoms with Crippen LogP contribution in [0.5, 0.6) is 0 Å². The van der Waals surface area contributed by atoms with Crippen molar-refractivity contribution in [2.75, 3.05) is 26.0 Å². The van der Waals surface area contributed by atoms with Gasteiger partial charge < -0.3 is 10.1 Å². The summed E-state index contributed by atoms with van der Waals surface area (Å²) in [5.74, 6) is -0.257. The first-order chi connectivity index (χ1) is 11.3. The first-order valence-electron chi connectivity index (χ1n) is 6.83. The van der Waals surface area contributed by atoms with Gasteiger partial charge in [-0.25, -0.2) is 0 Å². The second-order valence-corrected chi connectivity index (χ2v) is 6.09. The number of methoxy groups -OCH3 is 1. The van der Waals surface area contributed by atoms with Gasteiger partial charge in [-0.15, -0.1) is 10.2 Å². The number of pyridine rings is 1. The quantitative estimate of drug-likeness (QED) is 0.589. The van der Waals surface area contributed by atoms with Crippen molar-refractivity contribution in [1.29, 1.82) is 0 Å². The van der Waals surface area contributed by atoms with Gasteiger partial charge in [0.2, 0.25) is 5.91 Å². The van der Waals surface area contributed by atoms with E-state index < -0.39 is 11.7 Å². The molecule has 2 rings (SSSR count). The predicted molar refractivity (Wildman–Crippen MR) is 83.2 cm³/mol. The summed E-state index contributed by atoms with van der Waals surface area (Å²) >= 11 is 6.80. The maximum Gasteiger partial charge on any atom is 0.417 e. The normalized spacial score (nSPS) is 11.9. The molecular formula is C13H14ClF3N4O2S. The minimum Gasteiger partial charge on any atom is -0.385 e. The largest absolute Gasteiger partial charge is 0.417 e. The average molecular weight is 383 g/mol. The third-order valence-corrected chi connectivity index (χ3v) is 4.16. The zero-order valence-corrected chi connectivity index (χ0v) is 14.1. The lowest BCUT2D eigenvalue weighted by atomic mass is 10.3. The molecule has 0 aromatic carbocycles. The molecule has 2 heterocycles. The number of fused-ring (bicyclic) bond motifs is 1. The molecule has 0 spiro atoms. The van der Waals surface area contributed by atoms with Crippen molar-refractivity contribution in [2.45, 2.75) is 17.8 Å². The summed E-state index contributed by atoms with van der Waals surface area (Å²) in [5.41, 5.74) is -0.807. The van der Waals surface area contributed by atoms with Gasteiger partial charge in [0.1, 0.15) is 0 Å². The molecule has 0 unspecified atom stereocenters. The summed E-state index contributed by atoms with van der Waals surface area (Å²) in [6.07, 6.45) is -3.01. The number of rotatable bonds is 7. The number of hydrogen-bond donors (Lipinski definition) is 1. The van der Waals surface area contributed by atoms with Crippen LogP contribution in [0.15, 0.2) is 17.4 Å². The minimum atomic E-state index is -4.54. The summed E-state index contributed by atoms with van der Waals surface area (Å²) in [7, 11) is 1.56. The van der Waals surface area contributed by atoms with E-state index in [1.807, 2.05) is 0 Å². The molecule has 11 heteroatoms. The molecule has 2 aromatic rings. The molecule has 0 saturated heterocycles. The highest BCUT2D eigenvalue weighted by Crippen LogP contribution is 2.33. The van der Waals surface area contributed by atoms with E-state index in [9.17, 15) is 18.0 Å². The summed E-state index contributed by atoms with van der Waals surface area (Å²) in [5, 5.41) is 10.2. The van der Waals surface area contributed by atoms with Crippen LogP contribution in [0.1, 0.15) is 12.0 Å². The molecule has 1 N–H and O–H groups in total. The number of carbonyl (C=O) groups is 1. The van der Waals surface area contributed by atoms with Crippen molar-refractivity contribution < 1.29 is 22.7 Å². The Morgan fingerprint density at radius 3 is 2.88 bits per heavy atom. The van der Waals surface area contributed by atoms with E-state index >= 15 is 0 Å². The van der Waals surface area contributed by atoms with Gasteiger partial charge in [-0.05, 0) is 12.5 Å². The molecule has 0 saturated carbocycles. The highest BCUT2D eigenvalue weighted by atomic mass is 35.5. The first-order valence-corrected chi connectivity index (χ1v) is 8.19. The number of alkyl halides is 3. The van der Waals surface area contributed by atoms with Gasteiger partial charge in [0, 0.05) is 26.5 Å². The number of amides is 1. The van der Waals surface area contributed by atoms with Gasteiger partial charge >= 0.3 is 6.18 Å². The second-order valence-electron chi connectivity index (χ2n) is 4.74. The molecule has 0 aliphatic heterocycles. The van der Waals surface area contributed by atoms with Crippen molar-refractivity contribution in [1.82, 2.24) is 19.9 Å². The van der Waals surface area contributed by atoms with E-state index in [4.69, 9.17) is 16.3 Å². The fraction of sp³-hybridized carbons (Fsp3) is 0.462. The highest BCUT2D eigenvalue weighted by molar-refractivity contribution is 7.99. The Kier molecular flexibility index (Phi) is 6.30. The third-order valence-electron chi connectivity index (χ3n) is 2.94. The van der Waals surface area contributed by atoms with Crippen LogP contribution >= 0.6 is 23.4 Å². The van der Waals surface area contributed by atoms with Crippen LogP contribution in [0, 0.1) is 0 Å². The van der Waals surface area contributed by atoms with Crippen LogP contribution in [0.4, 0.5) is 13.2 Å². The number of halogens is 4. The van der Waals surface area contributed by atoms with Crippen LogP contribution in [0.2, 0.25) is 5.02 Å². The first kappa shape index (κ1) is 18.8. The van der Waals surface area contributed by atoms with Gasteiger partial charge in [-0.1, -0.05) is 23.4 Å². The summed E-state index contributed by atoms with van der Waals surface area (Å²) in [4.78, 5) is 11.7. The standard InChI is InChI=1S/C13H14ClF3N4O2S/c1-23-4-2-3-18-10(22)7-24-12-20-19-11-9(14)5-8(6-21(11)12)13(15,16)17/h5-6H,2-4,7H2,1H3,(H,18,22). The number of thioether (sulfide) groups is 1. The van der Waals surface area contributed by atoms with Gasteiger partial charge in [-0.2, -0.15) is 13.2 Å². The minimum absolute atomic E-state index is 0.00163. The molecular weight excluding hydrogens is 369 g/mol. The average Bonchev–Trinajstić information content (AvgIpc) is 2.92. The van der Waals surface area contributed by atoms with E-state index in [-0.39, 0.29) is 27.5 Å². The second kappa shape index (κ2) is 8.04. The van der Waals surface area contributed by atoms with E-state index in [0.717, 1.165) is 28.4 Å². The Morgan fingerprint density at radius 1 is 1.46 bits per heavy atom. The maximum atomic E-state index is 12.9. The van der Waals surface area contributed by atoms with E-state index in [2.05, 4.69) is 15.5 Å². The lowest BCUT2D eigenvalue weighted by Crippen LogP contribution is -2.26. The Morgan fingerprint density at radius 2 is 2.21 bits per heavy atom. The molecule has 132 valence electrons. The zero-order valence-electron chi connectivity index (χ0n) is 12.6. The molecule has 0 fully saturated rings. The number of carbonyl (C=O) groups excluding carboxylic acids is 1. The smallest absolute Gasteiger partial charge is 0.385 e. The fourth-order valence-corrected chi connectivity index (χ4v) is 2.80. The van der Waals surface area contributed by atoms with Crippen LogP contribution in [0.3, 0.4) is 0 Å². The van der Waals surface area contributed by atoms with Crippen LogP contribution < -0.4 is 5.32 Å². The van der Waals surface area contributed by atoms with Gasteiger partial charge in [0.25, 0.3) is 0 Å². The molecule has 2 aromatic heterocycles. The van der Waals surface area contributed by atoms with Crippen molar-refractivity contribution in [3.63, 3.8) is 0 Å². The molecule has 0 aliphatic rings. The molecule has 24 heavy (non-hydrogen) atoms. The Balaban J connectivity index is 2.07. The van der Waals surface area contributed by atoms with Crippen molar-refractivity contribution in [2.24, 2.45) is 0 Å². The van der Waals surface area contributed by atoms with Crippen molar-refractivity contribution in [3.8, 4) is 0 Å². The van der Waals surface area contributed by atoms with Crippen molar-refractivity contribution in [3.05, 3.63) is 22.8 Å². The predicted octanol–water partition coefficient (Wildman–Crippen LogP) is 2.65. The lowest BCUT2D eigenvalue weighted by Gasteiger charge is -2.08. The van der Waals surface area contributed by atoms with E-state index in [1.54, 1.807) is 7.11 Å².